The van der Waals surface area contributed by atoms with Gasteiger partial charge >= 0.3 is 0 Å². The largest absolute Gasteiger partial charge is 0.378 e. The highest BCUT2D eigenvalue weighted by molar-refractivity contribution is 5.82. The molecule has 0 spiro atoms. The second-order valence-corrected chi connectivity index (χ2v) is 8.94. The molecule has 4 aromatic rings. The van der Waals surface area contributed by atoms with Crippen LogP contribution in [-0.2, 0) is 6.54 Å². The zero-order chi connectivity index (χ0) is 23.9. The van der Waals surface area contributed by atoms with E-state index >= 15 is 0 Å². The van der Waals surface area contributed by atoms with E-state index in [1.807, 2.05) is 0 Å². The SMILES string of the molecule is CN(C)c1ccc(C(=CC=CCC[n+]2cccc3ccccc32)c2ccc(N(C)C)cc2)cc1. The van der Waals surface area contributed by atoms with Crippen LogP contribution in [0.3, 0.4) is 0 Å². The Labute approximate surface area is 203 Å². The molecule has 0 saturated carbocycles. The van der Waals surface area contributed by atoms with Crippen LogP contribution in [0.25, 0.3) is 16.5 Å². The lowest BCUT2D eigenvalue weighted by Crippen LogP contribution is -2.33. The number of para-hydroxylation sites is 1. The van der Waals surface area contributed by atoms with Crippen LogP contribution >= 0.6 is 0 Å². The average Bonchev–Trinajstić information content (AvgIpc) is 2.86. The third-order valence-electron chi connectivity index (χ3n) is 6.11. The quantitative estimate of drug-likeness (QED) is 0.230. The van der Waals surface area contributed by atoms with Crippen LogP contribution in [0.1, 0.15) is 17.5 Å². The molecule has 3 nitrogen and oxygen atoms in total. The number of allylic oxidation sites excluding steroid dienone is 3. The zero-order valence-corrected chi connectivity index (χ0v) is 20.6. The highest BCUT2D eigenvalue weighted by Gasteiger charge is 2.07. The van der Waals surface area contributed by atoms with Gasteiger partial charge in [0.05, 0.1) is 0 Å². The Morgan fingerprint density at radius 1 is 0.706 bits per heavy atom. The fourth-order valence-electron chi connectivity index (χ4n) is 4.13. The summed E-state index contributed by atoms with van der Waals surface area (Å²) >= 11 is 0. The van der Waals surface area contributed by atoms with Crippen molar-refractivity contribution >= 4 is 27.9 Å². The molecule has 0 saturated heterocycles. The maximum atomic E-state index is 2.32. The molecule has 0 atom stereocenters. The predicted octanol–water partition coefficient (Wildman–Crippen LogP) is 6.34. The maximum absolute atomic E-state index is 2.32. The summed E-state index contributed by atoms with van der Waals surface area (Å²) < 4.78 is 2.32. The van der Waals surface area contributed by atoms with Crippen LogP contribution in [0.2, 0.25) is 0 Å². The first-order valence-corrected chi connectivity index (χ1v) is 11.8. The van der Waals surface area contributed by atoms with E-state index in [1.54, 1.807) is 0 Å². The van der Waals surface area contributed by atoms with Crippen molar-refractivity contribution in [1.82, 2.24) is 0 Å². The number of fused-ring (bicyclic) bond motifs is 1. The molecule has 0 fully saturated rings. The summed E-state index contributed by atoms with van der Waals surface area (Å²) in [5, 5.41) is 1.28. The van der Waals surface area contributed by atoms with Gasteiger partial charge in [0.1, 0.15) is 0 Å². The molecule has 0 bridgehead atoms. The summed E-state index contributed by atoms with van der Waals surface area (Å²) in [7, 11) is 8.29. The Morgan fingerprint density at radius 3 is 1.85 bits per heavy atom. The zero-order valence-electron chi connectivity index (χ0n) is 20.6. The van der Waals surface area contributed by atoms with Crippen molar-refractivity contribution in [2.45, 2.75) is 13.0 Å². The molecule has 0 aliphatic carbocycles. The Morgan fingerprint density at radius 2 is 1.26 bits per heavy atom. The number of anilines is 2. The normalized spacial score (nSPS) is 11.1. The molecule has 4 rings (SSSR count). The monoisotopic (exact) mass is 448 g/mol. The van der Waals surface area contributed by atoms with Crippen molar-refractivity contribution in [3.8, 4) is 0 Å². The molecule has 34 heavy (non-hydrogen) atoms. The van der Waals surface area contributed by atoms with Crippen molar-refractivity contribution in [2.75, 3.05) is 38.0 Å². The van der Waals surface area contributed by atoms with E-state index in [-0.39, 0.29) is 0 Å². The standard InChI is InChI=1S/C31H34N3/c1-32(2)28-19-15-25(16-20-28)30(26-17-21-29(22-18-26)33(3)4)13-6-5-9-23-34-24-10-12-27-11-7-8-14-31(27)34/h5-8,10-22,24H,9,23H2,1-4H3/q+1. The number of nitrogens with zero attached hydrogens (tertiary/aromatic N) is 3. The number of aryl methyl sites for hydroxylation is 1. The summed E-state index contributed by atoms with van der Waals surface area (Å²) in [4.78, 5) is 4.26. The van der Waals surface area contributed by atoms with Gasteiger partial charge in [-0.05, 0) is 53.1 Å². The number of hydrogen-bond donors (Lipinski definition) is 0. The molecule has 1 aromatic heterocycles. The molecule has 0 unspecified atom stereocenters. The average molecular weight is 449 g/mol. The van der Waals surface area contributed by atoms with E-state index in [0.29, 0.717) is 0 Å². The molecule has 1 heterocycles. The van der Waals surface area contributed by atoms with Crippen LogP contribution in [0.5, 0.6) is 0 Å². The molecule has 0 N–H and O–H groups in total. The van der Waals surface area contributed by atoms with E-state index < -0.39 is 0 Å². The van der Waals surface area contributed by atoms with Gasteiger partial charge in [-0.15, -0.1) is 0 Å². The van der Waals surface area contributed by atoms with Gasteiger partial charge in [-0.2, -0.15) is 4.57 Å². The minimum Gasteiger partial charge on any atom is -0.378 e. The Bertz CT molecular complexity index is 1220. The van der Waals surface area contributed by atoms with Crippen molar-refractivity contribution < 1.29 is 4.57 Å². The summed E-state index contributed by atoms with van der Waals surface area (Å²) in [5.41, 5.74) is 7.34. The van der Waals surface area contributed by atoms with E-state index in [9.17, 15) is 0 Å². The van der Waals surface area contributed by atoms with Crippen LogP contribution in [0.4, 0.5) is 11.4 Å². The van der Waals surface area contributed by atoms with E-state index in [2.05, 4.69) is 152 Å². The number of aromatic nitrogens is 1. The number of pyridine rings is 1. The van der Waals surface area contributed by atoms with Crippen LogP contribution in [0, 0.1) is 0 Å². The second kappa shape index (κ2) is 10.8. The van der Waals surface area contributed by atoms with Crippen molar-refractivity contribution in [3.63, 3.8) is 0 Å². The van der Waals surface area contributed by atoms with Gasteiger partial charge in [-0.3, -0.25) is 0 Å². The number of hydrogen-bond acceptors (Lipinski definition) is 2. The van der Waals surface area contributed by atoms with Crippen molar-refractivity contribution in [2.24, 2.45) is 0 Å². The maximum Gasteiger partial charge on any atom is 0.212 e. The molecular formula is C31H34N3+. The lowest BCUT2D eigenvalue weighted by atomic mass is 9.96. The molecule has 3 aromatic carbocycles. The van der Waals surface area contributed by atoms with Gasteiger partial charge in [-0.1, -0.05) is 54.6 Å². The fourth-order valence-corrected chi connectivity index (χ4v) is 4.13. The Balaban J connectivity index is 1.56. The second-order valence-electron chi connectivity index (χ2n) is 8.94. The molecule has 0 aliphatic heterocycles. The lowest BCUT2D eigenvalue weighted by molar-refractivity contribution is -0.670. The lowest BCUT2D eigenvalue weighted by Gasteiger charge is -2.16. The third-order valence-corrected chi connectivity index (χ3v) is 6.11. The van der Waals surface area contributed by atoms with Gasteiger partial charge in [0.25, 0.3) is 0 Å². The highest BCUT2D eigenvalue weighted by atomic mass is 15.1. The Kier molecular flexibility index (Phi) is 7.44. The first kappa shape index (κ1) is 23.3. The molecule has 172 valence electrons. The van der Waals surface area contributed by atoms with E-state index in [1.165, 1.54) is 39.0 Å². The van der Waals surface area contributed by atoms with Crippen molar-refractivity contribution in [1.29, 1.82) is 0 Å². The molecule has 3 heteroatoms. The summed E-state index contributed by atoms with van der Waals surface area (Å²) in [6, 6.07) is 30.4. The van der Waals surface area contributed by atoms with Crippen molar-refractivity contribution in [3.05, 3.63) is 120 Å². The Hall–Kier alpha value is -3.85. The smallest absolute Gasteiger partial charge is 0.212 e. The van der Waals surface area contributed by atoms with Gasteiger partial charge in [-0.25, -0.2) is 0 Å². The molecular weight excluding hydrogens is 414 g/mol. The first-order chi connectivity index (χ1) is 16.5. The van der Waals surface area contributed by atoms with Gasteiger partial charge in [0.15, 0.2) is 12.7 Å². The van der Waals surface area contributed by atoms with E-state index in [0.717, 1.165) is 13.0 Å². The summed E-state index contributed by atoms with van der Waals surface area (Å²) in [6.07, 6.45) is 9.83. The fraction of sp³-hybridized carbons (Fsp3) is 0.194. The topological polar surface area (TPSA) is 10.4 Å². The molecule has 0 radical (unpaired) electrons. The summed E-state index contributed by atoms with van der Waals surface area (Å²) in [6.45, 7) is 0.954. The summed E-state index contributed by atoms with van der Waals surface area (Å²) in [5.74, 6) is 0. The highest BCUT2D eigenvalue weighted by Crippen LogP contribution is 2.27. The first-order valence-electron chi connectivity index (χ1n) is 11.8. The molecule has 0 amide bonds. The number of rotatable bonds is 8. The van der Waals surface area contributed by atoms with Gasteiger partial charge in [0.2, 0.25) is 5.52 Å². The van der Waals surface area contributed by atoms with Crippen LogP contribution in [0.15, 0.2) is 109 Å². The van der Waals surface area contributed by atoms with Gasteiger partial charge < -0.3 is 9.80 Å². The predicted molar refractivity (Wildman–Crippen MR) is 147 cm³/mol. The van der Waals surface area contributed by atoms with Crippen LogP contribution in [-0.4, -0.2) is 28.2 Å². The minimum absolute atomic E-state index is 0.954. The van der Waals surface area contributed by atoms with Crippen LogP contribution < -0.4 is 14.4 Å². The molecule has 0 aliphatic rings. The van der Waals surface area contributed by atoms with Gasteiger partial charge in [0, 0.05) is 63.5 Å². The third kappa shape index (κ3) is 5.55. The number of benzene rings is 3. The minimum atomic E-state index is 0.954. The van der Waals surface area contributed by atoms with E-state index in [4.69, 9.17) is 0 Å².